The molecular weight excluding hydrogens is 314 g/mol. The molecule has 0 radical (unpaired) electrons. The minimum absolute atomic E-state index is 0.108. The maximum Gasteiger partial charge on any atom is 0.337 e. The number of methoxy groups -OCH3 is 1. The van der Waals surface area contributed by atoms with E-state index in [0.29, 0.717) is 29.2 Å². The van der Waals surface area contributed by atoms with Crippen LogP contribution in [0.2, 0.25) is 5.02 Å². The summed E-state index contributed by atoms with van der Waals surface area (Å²) in [6, 6.07) is 13.9. The Bertz CT molecular complexity index is 698. The molecule has 2 rings (SSSR count). The normalized spacial score (nSPS) is 10.2. The topological polar surface area (TPSA) is 46.6 Å². The fraction of sp³-hybridized carbons (Fsp3) is 0.222. The average molecular weight is 332 g/mol. The Morgan fingerprint density at radius 1 is 1.04 bits per heavy atom. The van der Waals surface area contributed by atoms with Crippen molar-refractivity contribution in [2.45, 2.75) is 13.5 Å². The quantitative estimate of drug-likeness (QED) is 0.783. The van der Waals surface area contributed by atoms with Crippen LogP contribution < -0.4 is 0 Å². The molecule has 4 nitrogen and oxygen atoms in total. The van der Waals surface area contributed by atoms with Gasteiger partial charge in [-0.05, 0) is 42.8 Å². The highest BCUT2D eigenvalue weighted by molar-refractivity contribution is 6.31. The van der Waals surface area contributed by atoms with Crippen LogP contribution in [0.4, 0.5) is 0 Å². The summed E-state index contributed by atoms with van der Waals surface area (Å²) >= 11 is 6.16. The monoisotopic (exact) mass is 331 g/mol. The molecule has 2 aromatic rings. The van der Waals surface area contributed by atoms with Crippen molar-refractivity contribution in [1.29, 1.82) is 0 Å². The molecule has 1 amide bonds. The molecule has 0 saturated carbocycles. The zero-order valence-corrected chi connectivity index (χ0v) is 13.8. The van der Waals surface area contributed by atoms with E-state index in [1.54, 1.807) is 35.2 Å². The van der Waals surface area contributed by atoms with Gasteiger partial charge in [0, 0.05) is 23.7 Å². The average Bonchev–Trinajstić information content (AvgIpc) is 2.60. The van der Waals surface area contributed by atoms with Crippen molar-refractivity contribution < 1.29 is 14.3 Å². The molecule has 23 heavy (non-hydrogen) atoms. The molecule has 2 aromatic carbocycles. The minimum Gasteiger partial charge on any atom is -0.465 e. The predicted octanol–water partition coefficient (Wildman–Crippen LogP) is 3.79. The lowest BCUT2D eigenvalue weighted by Crippen LogP contribution is -2.30. The first kappa shape index (κ1) is 17.0. The molecule has 120 valence electrons. The van der Waals surface area contributed by atoms with E-state index < -0.39 is 5.97 Å². The third-order valence-electron chi connectivity index (χ3n) is 3.54. The predicted molar refractivity (Wildman–Crippen MR) is 89.6 cm³/mol. The molecule has 0 N–H and O–H groups in total. The van der Waals surface area contributed by atoms with Crippen LogP contribution in [-0.2, 0) is 11.3 Å². The van der Waals surface area contributed by atoms with E-state index >= 15 is 0 Å². The van der Waals surface area contributed by atoms with Crippen molar-refractivity contribution in [2.75, 3.05) is 13.7 Å². The van der Waals surface area contributed by atoms with Gasteiger partial charge in [0.15, 0.2) is 0 Å². The maximum atomic E-state index is 12.6. The van der Waals surface area contributed by atoms with Gasteiger partial charge in [0.2, 0.25) is 0 Å². The molecule has 0 heterocycles. The molecule has 0 atom stereocenters. The summed E-state index contributed by atoms with van der Waals surface area (Å²) in [6.45, 7) is 2.91. The third-order valence-corrected chi connectivity index (χ3v) is 3.91. The third kappa shape index (κ3) is 4.11. The number of nitrogens with zero attached hydrogens (tertiary/aromatic N) is 1. The molecular formula is C18H18ClNO3. The second-order valence-corrected chi connectivity index (χ2v) is 5.39. The summed E-state index contributed by atoms with van der Waals surface area (Å²) in [5.74, 6) is -0.531. The molecule has 0 spiro atoms. The van der Waals surface area contributed by atoms with Gasteiger partial charge in [-0.3, -0.25) is 4.79 Å². The minimum atomic E-state index is -0.424. The molecule has 0 bridgehead atoms. The Morgan fingerprint density at radius 3 is 2.22 bits per heavy atom. The van der Waals surface area contributed by atoms with Gasteiger partial charge in [-0.25, -0.2) is 4.79 Å². The Morgan fingerprint density at radius 2 is 1.65 bits per heavy atom. The molecule has 0 unspecified atom stereocenters. The highest BCUT2D eigenvalue weighted by Crippen LogP contribution is 2.18. The molecule has 0 aliphatic rings. The standard InChI is InChI=1S/C18H18ClNO3/c1-3-20(12-15-6-4-5-7-16(15)19)17(21)13-8-10-14(11-9-13)18(22)23-2/h4-11H,3,12H2,1-2H3. The lowest BCUT2D eigenvalue weighted by atomic mass is 10.1. The lowest BCUT2D eigenvalue weighted by Gasteiger charge is -2.21. The van der Waals surface area contributed by atoms with Crippen LogP contribution in [0.1, 0.15) is 33.2 Å². The molecule has 0 aromatic heterocycles. The molecule has 0 aliphatic heterocycles. The van der Waals surface area contributed by atoms with E-state index in [1.807, 2.05) is 25.1 Å². The van der Waals surface area contributed by atoms with Crippen LogP contribution in [0.15, 0.2) is 48.5 Å². The Hall–Kier alpha value is -2.33. The fourth-order valence-corrected chi connectivity index (χ4v) is 2.40. The number of carbonyl (C=O) groups excluding carboxylic acids is 2. The van der Waals surface area contributed by atoms with Crippen molar-refractivity contribution in [3.05, 3.63) is 70.2 Å². The van der Waals surface area contributed by atoms with Gasteiger partial charge in [-0.1, -0.05) is 29.8 Å². The smallest absolute Gasteiger partial charge is 0.337 e. The van der Waals surface area contributed by atoms with Crippen LogP contribution >= 0.6 is 11.6 Å². The SMILES string of the molecule is CCN(Cc1ccccc1Cl)C(=O)c1ccc(C(=O)OC)cc1. The second kappa shape index (κ2) is 7.79. The van der Waals surface area contributed by atoms with Gasteiger partial charge in [0.1, 0.15) is 0 Å². The second-order valence-electron chi connectivity index (χ2n) is 4.98. The Kier molecular flexibility index (Phi) is 5.77. The summed E-state index contributed by atoms with van der Waals surface area (Å²) < 4.78 is 4.65. The van der Waals surface area contributed by atoms with E-state index in [0.717, 1.165) is 5.56 Å². The van der Waals surface area contributed by atoms with Gasteiger partial charge in [0.05, 0.1) is 12.7 Å². The van der Waals surface area contributed by atoms with E-state index in [2.05, 4.69) is 4.74 Å². The van der Waals surface area contributed by atoms with E-state index in [9.17, 15) is 9.59 Å². The van der Waals surface area contributed by atoms with E-state index in [4.69, 9.17) is 11.6 Å². The van der Waals surface area contributed by atoms with Crippen LogP contribution in [0, 0.1) is 0 Å². The van der Waals surface area contributed by atoms with Crippen molar-refractivity contribution in [1.82, 2.24) is 4.90 Å². The molecule has 0 aliphatic carbocycles. The number of rotatable bonds is 5. The van der Waals surface area contributed by atoms with Crippen LogP contribution in [-0.4, -0.2) is 30.4 Å². The number of hydrogen-bond acceptors (Lipinski definition) is 3. The maximum absolute atomic E-state index is 12.6. The largest absolute Gasteiger partial charge is 0.465 e. The van der Waals surface area contributed by atoms with Gasteiger partial charge < -0.3 is 9.64 Å². The molecule has 5 heteroatoms. The van der Waals surface area contributed by atoms with Crippen LogP contribution in [0.5, 0.6) is 0 Å². The Labute approximate surface area is 140 Å². The van der Waals surface area contributed by atoms with Crippen molar-refractivity contribution in [3.63, 3.8) is 0 Å². The van der Waals surface area contributed by atoms with Gasteiger partial charge in [0.25, 0.3) is 5.91 Å². The number of benzene rings is 2. The van der Waals surface area contributed by atoms with Gasteiger partial charge in [-0.15, -0.1) is 0 Å². The van der Waals surface area contributed by atoms with Crippen LogP contribution in [0.25, 0.3) is 0 Å². The van der Waals surface area contributed by atoms with Crippen LogP contribution in [0.3, 0.4) is 0 Å². The van der Waals surface area contributed by atoms with Crippen molar-refractivity contribution in [3.8, 4) is 0 Å². The fourth-order valence-electron chi connectivity index (χ4n) is 2.21. The van der Waals surface area contributed by atoms with E-state index in [1.165, 1.54) is 7.11 Å². The number of carbonyl (C=O) groups is 2. The van der Waals surface area contributed by atoms with Crippen molar-refractivity contribution in [2.24, 2.45) is 0 Å². The lowest BCUT2D eigenvalue weighted by molar-refractivity contribution is 0.0599. The summed E-state index contributed by atoms with van der Waals surface area (Å²) in [5.41, 5.74) is 1.83. The van der Waals surface area contributed by atoms with E-state index in [-0.39, 0.29) is 5.91 Å². The molecule has 0 saturated heterocycles. The number of amides is 1. The Balaban J connectivity index is 2.16. The first-order valence-electron chi connectivity index (χ1n) is 7.28. The highest BCUT2D eigenvalue weighted by atomic mass is 35.5. The zero-order chi connectivity index (χ0) is 16.8. The van der Waals surface area contributed by atoms with Gasteiger partial charge in [-0.2, -0.15) is 0 Å². The van der Waals surface area contributed by atoms with Crippen molar-refractivity contribution >= 4 is 23.5 Å². The number of hydrogen-bond donors (Lipinski definition) is 0. The summed E-state index contributed by atoms with van der Waals surface area (Å²) in [4.78, 5) is 25.7. The number of ether oxygens (including phenoxy) is 1. The summed E-state index contributed by atoms with van der Waals surface area (Å²) in [7, 11) is 1.32. The summed E-state index contributed by atoms with van der Waals surface area (Å²) in [6.07, 6.45) is 0. The first-order valence-corrected chi connectivity index (χ1v) is 7.65. The highest BCUT2D eigenvalue weighted by Gasteiger charge is 2.16. The summed E-state index contributed by atoms with van der Waals surface area (Å²) in [5, 5.41) is 0.639. The molecule has 0 fully saturated rings. The zero-order valence-electron chi connectivity index (χ0n) is 13.1. The number of halogens is 1. The number of esters is 1. The first-order chi connectivity index (χ1) is 11.1. The van der Waals surface area contributed by atoms with Gasteiger partial charge >= 0.3 is 5.97 Å².